The zero-order valence-corrected chi connectivity index (χ0v) is 12.0. The van der Waals surface area contributed by atoms with Crippen molar-refractivity contribution in [3.63, 3.8) is 0 Å². The van der Waals surface area contributed by atoms with E-state index in [2.05, 4.69) is 4.72 Å². The van der Waals surface area contributed by atoms with Crippen molar-refractivity contribution in [2.75, 3.05) is 10.5 Å². The summed E-state index contributed by atoms with van der Waals surface area (Å²) in [6.07, 6.45) is 0. The molecule has 0 radical (unpaired) electrons. The predicted octanol–water partition coefficient (Wildman–Crippen LogP) is 2.83. The molecule has 0 bridgehead atoms. The lowest BCUT2D eigenvalue weighted by molar-refractivity contribution is 0.598. The molecule has 0 saturated heterocycles. The van der Waals surface area contributed by atoms with Gasteiger partial charge in [0.2, 0.25) is 0 Å². The van der Waals surface area contributed by atoms with Crippen molar-refractivity contribution in [3.8, 4) is 0 Å². The summed E-state index contributed by atoms with van der Waals surface area (Å²) in [5.74, 6) is -0.476. The Morgan fingerprint density at radius 1 is 1.10 bits per heavy atom. The van der Waals surface area contributed by atoms with Gasteiger partial charge in [-0.15, -0.1) is 0 Å². The van der Waals surface area contributed by atoms with Crippen LogP contribution in [0.15, 0.2) is 41.3 Å². The van der Waals surface area contributed by atoms with E-state index in [0.717, 1.165) is 11.6 Å². The molecule has 6 heteroatoms. The van der Waals surface area contributed by atoms with Gasteiger partial charge in [0.15, 0.2) is 0 Å². The summed E-state index contributed by atoms with van der Waals surface area (Å²) >= 11 is 0. The molecular weight excluding hydrogens is 279 g/mol. The largest absolute Gasteiger partial charge is 0.397 e. The Hall–Kier alpha value is -2.08. The van der Waals surface area contributed by atoms with Crippen LogP contribution in [0, 0.1) is 19.7 Å². The summed E-state index contributed by atoms with van der Waals surface area (Å²) in [6, 6.07) is 8.55. The van der Waals surface area contributed by atoms with Crippen LogP contribution in [0.2, 0.25) is 0 Å². The Labute approximate surface area is 117 Å². The van der Waals surface area contributed by atoms with Gasteiger partial charge in [-0.1, -0.05) is 6.07 Å². The summed E-state index contributed by atoms with van der Waals surface area (Å²) < 4.78 is 40.0. The molecule has 2 rings (SSSR count). The average Bonchev–Trinajstić information content (AvgIpc) is 2.32. The van der Waals surface area contributed by atoms with Crippen molar-refractivity contribution in [1.82, 2.24) is 0 Å². The zero-order valence-electron chi connectivity index (χ0n) is 11.1. The van der Waals surface area contributed by atoms with Crippen LogP contribution in [0.25, 0.3) is 0 Å². The van der Waals surface area contributed by atoms with Gasteiger partial charge in [0.25, 0.3) is 10.0 Å². The van der Waals surface area contributed by atoms with Crippen LogP contribution >= 0.6 is 0 Å². The number of nitrogens with two attached hydrogens (primary N) is 1. The predicted molar refractivity (Wildman–Crippen MR) is 77.5 cm³/mol. The molecule has 0 atom stereocenters. The molecule has 0 spiro atoms. The fourth-order valence-electron chi connectivity index (χ4n) is 1.89. The molecule has 0 amide bonds. The number of nitrogen functional groups attached to an aromatic ring is 1. The lowest BCUT2D eigenvalue weighted by Crippen LogP contribution is -2.15. The third-order valence-electron chi connectivity index (χ3n) is 2.88. The molecule has 0 aromatic heterocycles. The molecule has 0 aliphatic rings. The maximum atomic E-state index is 13.0. The second kappa shape index (κ2) is 5.13. The fraction of sp³-hybridized carbons (Fsp3) is 0.143. The van der Waals surface area contributed by atoms with Crippen LogP contribution in [0.4, 0.5) is 15.8 Å². The molecule has 4 nitrogen and oxygen atoms in total. The highest BCUT2D eigenvalue weighted by Crippen LogP contribution is 2.24. The van der Waals surface area contributed by atoms with Gasteiger partial charge < -0.3 is 5.73 Å². The van der Waals surface area contributed by atoms with Gasteiger partial charge in [-0.2, -0.15) is 0 Å². The van der Waals surface area contributed by atoms with Crippen LogP contribution in [-0.2, 0) is 10.0 Å². The Bertz CT molecular complexity index is 758. The topological polar surface area (TPSA) is 72.2 Å². The molecule has 0 heterocycles. The van der Waals surface area contributed by atoms with Crippen LogP contribution < -0.4 is 10.5 Å². The van der Waals surface area contributed by atoms with Crippen molar-refractivity contribution < 1.29 is 12.8 Å². The molecule has 2 aromatic carbocycles. The Kier molecular flexibility index (Phi) is 3.67. The second-order valence-electron chi connectivity index (χ2n) is 4.61. The van der Waals surface area contributed by atoms with Crippen molar-refractivity contribution in [2.24, 2.45) is 0 Å². The maximum absolute atomic E-state index is 13.0. The quantitative estimate of drug-likeness (QED) is 0.855. The minimum Gasteiger partial charge on any atom is -0.397 e. The van der Waals surface area contributed by atoms with Gasteiger partial charge in [0.05, 0.1) is 16.3 Å². The highest BCUT2D eigenvalue weighted by molar-refractivity contribution is 7.92. The van der Waals surface area contributed by atoms with Crippen LogP contribution in [0.1, 0.15) is 11.1 Å². The highest BCUT2D eigenvalue weighted by atomic mass is 32.2. The van der Waals surface area contributed by atoms with E-state index in [0.29, 0.717) is 16.9 Å². The number of halogens is 1. The monoisotopic (exact) mass is 294 g/mol. The molecule has 0 saturated carbocycles. The van der Waals surface area contributed by atoms with Crippen LogP contribution in [0.5, 0.6) is 0 Å². The van der Waals surface area contributed by atoms with E-state index in [4.69, 9.17) is 5.73 Å². The first-order valence-electron chi connectivity index (χ1n) is 5.95. The van der Waals surface area contributed by atoms with Crippen molar-refractivity contribution >= 4 is 21.4 Å². The van der Waals surface area contributed by atoms with E-state index < -0.39 is 15.8 Å². The number of aryl methyl sites for hydroxylation is 2. The van der Waals surface area contributed by atoms with Crippen LogP contribution in [0.3, 0.4) is 0 Å². The number of benzene rings is 2. The van der Waals surface area contributed by atoms with E-state index in [1.165, 1.54) is 19.1 Å². The molecule has 106 valence electrons. The summed E-state index contributed by atoms with van der Waals surface area (Å²) in [7, 11) is -3.79. The third-order valence-corrected chi connectivity index (χ3v) is 4.40. The SMILES string of the molecule is Cc1ccc(NS(=O)(=O)c2ccc(F)cc2C)c(N)c1. The lowest BCUT2D eigenvalue weighted by atomic mass is 10.2. The molecule has 0 aliphatic carbocycles. The standard InChI is InChI=1S/C14H15FN2O2S/c1-9-3-5-13(12(16)7-9)17-20(18,19)14-6-4-11(15)8-10(14)2/h3-8,17H,16H2,1-2H3. The molecule has 3 N–H and O–H groups in total. The number of hydrogen-bond donors (Lipinski definition) is 2. The minimum atomic E-state index is -3.79. The van der Waals surface area contributed by atoms with Gasteiger partial charge in [-0.25, -0.2) is 12.8 Å². The van der Waals surface area contributed by atoms with E-state index in [9.17, 15) is 12.8 Å². The minimum absolute atomic E-state index is 0.0267. The normalized spacial score (nSPS) is 11.3. The summed E-state index contributed by atoms with van der Waals surface area (Å²) in [6.45, 7) is 3.40. The van der Waals surface area contributed by atoms with Gasteiger partial charge in [0.1, 0.15) is 5.82 Å². The molecule has 0 fully saturated rings. The summed E-state index contributed by atoms with van der Waals surface area (Å²) in [4.78, 5) is 0.0267. The number of hydrogen-bond acceptors (Lipinski definition) is 3. The Morgan fingerprint density at radius 2 is 1.80 bits per heavy atom. The number of anilines is 2. The highest BCUT2D eigenvalue weighted by Gasteiger charge is 2.18. The van der Waals surface area contributed by atoms with E-state index in [1.54, 1.807) is 18.2 Å². The molecule has 0 aliphatic heterocycles. The fourth-order valence-corrected chi connectivity index (χ4v) is 3.20. The first-order chi connectivity index (χ1) is 9.29. The molecule has 2 aromatic rings. The van der Waals surface area contributed by atoms with E-state index in [1.807, 2.05) is 6.92 Å². The van der Waals surface area contributed by atoms with E-state index in [-0.39, 0.29) is 4.90 Å². The number of sulfonamides is 1. The Balaban J connectivity index is 2.41. The smallest absolute Gasteiger partial charge is 0.262 e. The summed E-state index contributed by atoms with van der Waals surface area (Å²) in [5.41, 5.74) is 7.70. The average molecular weight is 294 g/mol. The van der Waals surface area contributed by atoms with Gasteiger partial charge >= 0.3 is 0 Å². The first-order valence-corrected chi connectivity index (χ1v) is 7.43. The number of nitrogens with one attached hydrogen (secondary N) is 1. The molecular formula is C14H15FN2O2S. The van der Waals surface area contributed by atoms with Gasteiger partial charge in [-0.3, -0.25) is 4.72 Å². The summed E-state index contributed by atoms with van der Waals surface area (Å²) in [5, 5.41) is 0. The molecule has 20 heavy (non-hydrogen) atoms. The maximum Gasteiger partial charge on any atom is 0.262 e. The van der Waals surface area contributed by atoms with E-state index >= 15 is 0 Å². The van der Waals surface area contributed by atoms with Crippen molar-refractivity contribution in [1.29, 1.82) is 0 Å². The first kappa shape index (κ1) is 14.3. The van der Waals surface area contributed by atoms with Crippen molar-refractivity contribution in [3.05, 3.63) is 53.3 Å². The van der Waals surface area contributed by atoms with Crippen LogP contribution in [-0.4, -0.2) is 8.42 Å². The second-order valence-corrected chi connectivity index (χ2v) is 6.26. The van der Waals surface area contributed by atoms with Crippen molar-refractivity contribution in [2.45, 2.75) is 18.7 Å². The third kappa shape index (κ3) is 2.91. The Morgan fingerprint density at radius 3 is 2.40 bits per heavy atom. The lowest BCUT2D eigenvalue weighted by Gasteiger charge is -2.12. The molecule has 0 unspecified atom stereocenters. The van der Waals surface area contributed by atoms with Gasteiger partial charge in [-0.05, 0) is 55.3 Å². The zero-order chi connectivity index (χ0) is 14.9. The van der Waals surface area contributed by atoms with Gasteiger partial charge in [0, 0.05) is 0 Å². The number of rotatable bonds is 3.